The largest absolute Gasteiger partial charge is 0.492 e. The molecule has 0 radical (unpaired) electrons. The third-order valence-corrected chi connectivity index (χ3v) is 4.51. The van der Waals surface area contributed by atoms with Crippen LogP contribution in [0.25, 0.3) is 0 Å². The minimum Gasteiger partial charge on any atom is -0.492 e. The summed E-state index contributed by atoms with van der Waals surface area (Å²) in [5.41, 5.74) is 0. The van der Waals surface area contributed by atoms with Gasteiger partial charge in [0.1, 0.15) is 12.4 Å². The van der Waals surface area contributed by atoms with Crippen LogP contribution in [-0.4, -0.2) is 32.1 Å². The quantitative estimate of drug-likeness (QED) is 0.302. The number of rotatable bonds is 15. The monoisotopic (exact) mass is 363 g/mol. The Morgan fingerprint density at radius 1 is 0.654 bits per heavy atom. The molecule has 0 spiro atoms. The summed E-state index contributed by atoms with van der Waals surface area (Å²) >= 11 is 0. The van der Waals surface area contributed by atoms with Gasteiger partial charge in [-0.05, 0) is 26.2 Å². The lowest BCUT2D eigenvalue weighted by atomic mass is 10.1. The average Bonchev–Trinajstić information content (AvgIpc) is 2.64. The summed E-state index contributed by atoms with van der Waals surface area (Å²) in [5, 5.41) is 0. The highest BCUT2D eigenvalue weighted by atomic mass is 16.5. The maximum atomic E-state index is 5.48. The SMILES string of the molecule is CCCCCCCCCCCCCC.CN(C)CCOc1ccccc1. The fourth-order valence-electron chi connectivity index (χ4n) is 2.78. The molecular weight excluding hydrogens is 318 g/mol. The molecule has 0 saturated heterocycles. The number of nitrogens with zero attached hydrogens (tertiary/aromatic N) is 1. The van der Waals surface area contributed by atoms with E-state index < -0.39 is 0 Å². The first kappa shape index (κ1) is 25.0. The molecule has 1 rings (SSSR count). The van der Waals surface area contributed by atoms with Crippen LogP contribution in [-0.2, 0) is 0 Å². The molecule has 0 atom stereocenters. The van der Waals surface area contributed by atoms with Gasteiger partial charge in [-0.3, -0.25) is 0 Å². The summed E-state index contributed by atoms with van der Waals surface area (Å²) in [5.74, 6) is 0.944. The van der Waals surface area contributed by atoms with E-state index in [-0.39, 0.29) is 0 Å². The first-order chi connectivity index (χ1) is 12.7. The van der Waals surface area contributed by atoms with Gasteiger partial charge in [-0.25, -0.2) is 0 Å². The number of benzene rings is 1. The van der Waals surface area contributed by atoms with Gasteiger partial charge in [-0.15, -0.1) is 0 Å². The van der Waals surface area contributed by atoms with E-state index in [4.69, 9.17) is 4.74 Å². The molecule has 0 fully saturated rings. The van der Waals surface area contributed by atoms with Gasteiger partial charge in [0.05, 0.1) is 0 Å². The predicted molar refractivity (Wildman–Crippen MR) is 117 cm³/mol. The van der Waals surface area contributed by atoms with Crippen molar-refractivity contribution in [2.75, 3.05) is 27.2 Å². The van der Waals surface area contributed by atoms with Gasteiger partial charge in [0, 0.05) is 6.54 Å². The molecule has 0 aliphatic carbocycles. The van der Waals surface area contributed by atoms with E-state index in [1.54, 1.807) is 0 Å². The van der Waals surface area contributed by atoms with Crippen LogP contribution in [0.3, 0.4) is 0 Å². The van der Waals surface area contributed by atoms with E-state index in [1.807, 2.05) is 44.4 Å². The maximum absolute atomic E-state index is 5.48. The molecule has 0 bridgehead atoms. The molecular formula is C24H45NO. The van der Waals surface area contributed by atoms with Gasteiger partial charge < -0.3 is 9.64 Å². The van der Waals surface area contributed by atoms with Crippen LogP contribution >= 0.6 is 0 Å². The van der Waals surface area contributed by atoms with Crippen molar-refractivity contribution in [1.29, 1.82) is 0 Å². The summed E-state index contributed by atoms with van der Waals surface area (Å²) in [7, 11) is 4.07. The molecule has 0 aliphatic rings. The zero-order valence-electron chi connectivity index (χ0n) is 18.1. The normalized spacial score (nSPS) is 10.5. The van der Waals surface area contributed by atoms with Crippen molar-refractivity contribution in [3.8, 4) is 5.75 Å². The Bertz CT molecular complexity index is 352. The Morgan fingerprint density at radius 3 is 1.46 bits per heavy atom. The molecule has 0 unspecified atom stereocenters. The van der Waals surface area contributed by atoms with Crippen molar-refractivity contribution in [2.45, 2.75) is 90.9 Å². The standard InChI is InChI=1S/C14H30.C10H15NO/c1-3-5-7-9-11-13-14-12-10-8-6-4-2;1-11(2)8-9-12-10-6-4-3-5-7-10/h3-14H2,1-2H3;3-7H,8-9H2,1-2H3. The number of ether oxygens (including phenoxy) is 1. The molecule has 0 saturated carbocycles. The highest BCUT2D eigenvalue weighted by molar-refractivity contribution is 5.20. The lowest BCUT2D eigenvalue weighted by molar-refractivity contribution is 0.261. The van der Waals surface area contributed by atoms with Crippen LogP contribution in [0.4, 0.5) is 0 Å². The zero-order valence-corrected chi connectivity index (χ0v) is 18.1. The molecule has 26 heavy (non-hydrogen) atoms. The van der Waals surface area contributed by atoms with Crippen LogP contribution in [0.1, 0.15) is 90.9 Å². The fraction of sp³-hybridized carbons (Fsp3) is 0.750. The minimum atomic E-state index is 0.747. The summed E-state index contributed by atoms with van der Waals surface area (Å²) in [6.45, 7) is 6.27. The van der Waals surface area contributed by atoms with Crippen LogP contribution in [0.5, 0.6) is 5.75 Å². The van der Waals surface area contributed by atoms with E-state index in [2.05, 4.69) is 18.7 Å². The Morgan fingerprint density at radius 2 is 1.08 bits per heavy atom. The Kier molecular flexibility index (Phi) is 19.5. The molecule has 0 aromatic heterocycles. The van der Waals surface area contributed by atoms with Crippen molar-refractivity contribution in [3.63, 3.8) is 0 Å². The lowest BCUT2D eigenvalue weighted by Crippen LogP contribution is -2.19. The second-order valence-electron chi connectivity index (χ2n) is 7.50. The third kappa shape index (κ3) is 19.3. The second-order valence-corrected chi connectivity index (χ2v) is 7.50. The van der Waals surface area contributed by atoms with E-state index >= 15 is 0 Å². The van der Waals surface area contributed by atoms with Crippen molar-refractivity contribution in [2.24, 2.45) is 0 Å². The molecule has 0 aliphatic heterocycles. The van der Waals surface area contributed by atoms with Crippen LogP contribution in [0, 0.1) is 0 Å². The third-order valence-electron chi connectivity index (χ3n) is 4.51. The van der Waals surface area contributed by atoms with Gasteiger partial charge in [-0.2, -0.15) is 0 Å². The Hall–Kier alpha value is -1.02. The molecule has 0 heterocycles. The zero-order chi connectivity index (χ0) is 19.3. The molecule has 1 aromatic rings. The molecule has 152 valence electrons. The van der Waals surface area contributed by atoms with E-state index in [1.165, 1.54) is 77.0 Å². The van der Waals surface area contributed by atoms with Gasteiger partial charge in [0.2, 0.25) is 0 Å². The lowest BCUT2D eigenvalue weighted by Gasteiger charge is -2.10. The van der Waals surface area contributed by atoms with E-state index in [0.717, 1.165) is 18.9 Å². The van der Waals surface area contributed by atoms with Gasteiger partial charge >= 0.3 is 0 Å². The van der Waals surface area contributed by atoms with Crippen molar-refractivity contribution in [1.82, 2.24) is 4.90 Å². The summed E-state index contributed by atoms with van der Waals surface area (Å²) in [4.78, 5) is 2.10. The fourth-order valence-corrected chi connectivity index (χ4v) is 2.78. The summed E-state index contributed by atoms with van der Waals surface area (Å²) < 4.78 is 5.48. The van der Waals surface area contributed by atoms with Gasteiger partial charge in [0.15, 0.2) is 0 Å². The Balaban J connectivity index is 0.000000485. The van der Waals surface area contributed by atoms with Crippen molar-refractivity contribution < 1.29 is 4.74 Å². The highest BCUT2D eigenvalue weighted by Gasteiger charge is 1.92. The van der Waals surface area contributed by atoms with Crippen LogP contribution in [0.15, 0.2) is 30.3 Å². The van der Waals surface area contributed by atoms with Crippen LogP contribution < -0.4 is 4.74 Å². The summed E-state index contributed by atoms with van der Waals surface area (Å²) in [6, 6.07) is 9.88. The molecule has 2 nitrogen and oxygen atoms in total. The second kappa shape index (κ2) is 20.3. The minimum absolute atomic E-state index is 0.747. The number of para-hydroxylation sites is 1. The Labute approximate surface area is 164 Å². The van der Waals surface area contributed by atoms with E-state index in [0.29, 0.717) is 0 Å². The number of unbranched alkanes of at least 4 members (excludes halogenated alkanes) is 11. The van der Waals surface area contributed by atoms with Crippen LogP contribution in [0.2, 0.25) is 0 Å². The maximum Gasteiger partial charge on any atom is 0.119 e. The topological polar surface area (TPSA) is 12.5 Å². The first-order valence-electron chi connectivity index (χ1n) is 11.0. The van der Waals surface area contributed by atoms with Crippen molar-refractivity contribution in [3.05, 3.63) is 30.3 Å². The van der Waals surface area contributed by atoms with Gasteiger partial charge in [0.25, 0.3) is 0 Å². The van der Waals surface area contributed by atoms with Crippen molar-refractivity contribution >= 4 is 0 Å². The molecule has 1 aromatic carbocycles. The number of likely N-dealkylation sites (N-methyl/N-ethyl adjacent to an activating group) is 1. The smallest absolute Gasteiger partial charge is 0.119 e. The molecule has 0 amide bonds. The predicted octanol–water partition coefficient (Wildman–Crippen LogP) is 7.33. The number of hydrogen-bond donors (Lipinski definition) is 0. The summed E-state index contributed by atoms with van der Waals surface area (Å²) in [6.07, 6.45) is 17.4. The molecule has 2 heteroatoms. The number of hydrogen-bond acceptors (Lipinski definition) is 2. The van der Waals surface area contributed by atoms with Gasteiger partial charge in [-0.1, -0.05) is 109 Å². The first-order valence-corrected chi connectivity index (χ1v) is 11.0. The average molecular weight is 364 g/mol. The van der Waals surface area contributed by atoms with E-state index in [9.17, 15) is 0 Å². The highest BCUT2D eigenvalue weighted by Crippen LogP contribution is 2.11. The molecule has 0 N–H and O–H groups in total.